The van der Waals surface area contributed by atoms with E-state index in [0.29, 0.717) is 6.42 Å². The first-order chi connectivity index (χ1) is 35.2. The zero-order valence-corrected chi connectivity index (χ0v) is 47.7. The van der Waals surface area contributed by atoms with Gasteiger partial charge in [-0.25, -0.2) is 0 Å². The van der Waals surface area contributed by atoms with Crippen molar-refractivity contribution in [2.24, 2.45) is 0 Å². The van der Waals surface area contributed by atoms with Crippen LogP contribution >= 0.6 is 0 Å². The maximum atomic E-state index is 12.5. The molecule has 0 aromatic heterocycles. The smallest absolute Gasteiger partial charge is 0.220 e. The van der Waals surface area contributed by atoms with Gasteiger partial charge in [0.1, 0.15) is 0 Å². The highest BCUT2D eigenvalue weighted by Gasteiger charge is 2.18. The first-order valence-corrected chi connectivity index (χ1v) is 31.7. The van der Waals surface area contributed by atoms with Crippen LogP contribution in [0.25, 0.3) is 0 Å². The summed E-state index contributed by atoms with van der Waals surface area (Å²) in [6.45, 7) is 4.22. The molecule has 0 aliphatic rings. The van der Waals surface area contributed by atoms with Crippen LogP contribution in [0.1, 0.15) is 328 Å². The zero-order valence-electron chi connectivity index (χ0n) is 47.7. The molecule has 2 atom stereocenters. The predicted molar refractivity (Wildman–Crippen MR) is 317 cm³/mol. The Kier molecular flexibility index (Phi) is 60.2. The molecule has 0 heterocycles. The summed E-state index contributed by atoms with van der Waals surface area (Å²) in [5, 5.41) is 23.2. The number of allylic oxidation sites excluding steroid dienone is 11. The Labute approximate surface area is 444 Å². The summed E-state index contributed by atoms with van der Waals surface area (Å²) in [5.74, 6) is -0.0591. The van der Waals surface area contributed by atoms with E-state index in [-0.39, 0.29) is 12.5 Å². The molecule has 71 heavy (non-hydrogen) atoms. The SMILES string of the molecule is CC/C=C\C/C=C\C/C=C\C/C=C\C/C=C\CCCCCCCCCCCCCCCCCCCCCCCC(=O)NC(CO)C(O)/C=C/CCCCCCCCCCCCCCCCCCCCCC. The van der Waals surface area contributed by atoms with Gasteiger partial charge >= 0.3 is 0 Å². The van der Waals surface area contributed by atoms with E-state index < -0.39 is 12.1 Å². The van der Waals surface area contributed by atoms with Gasteiger partial charge in [0.2, 0.25) is 5.91 Å². The van der Waals surface area contributed by atoms with E-state index in [9.17, 15) is 15.0 Å². The van der Waals surface area contributed by atoms with E-state index >= 15 is 0 Å². The van der Waals surface area contributed by atoms with Crippen LogP contribution < -0.4 is 5.32 Å². The van der Waals surface area contributed by atoms with Gasteiger partial charge in [0, 0.05) is 6.42 Å². The summed E-state index contributed by atoms with van der Waals surface area (Å²) >= 11 is 0. The highest BCUT2D eigenvalue weighted by Crippen LogP contribution is 2.18. The number of aliphatic hydroxyl groups is 2. The van der Waals surface area contributed by atoms with Crippen LogP contribution in [0.15, 0.2) is 72.9 Å². The lowest BCUT2D eigenvalue weighted by molar-refractivity contribution is -0.123. The number of hydrogen-bond acceptors (Lipinski definition) is 3. The third-order valence-corrected chi connectivity index (χ3v) is 14.4. The molecule has 4 heteroatoms. The van der Waals surface area contributed by atoms with E-state index in [1.54, 1.807) is 6.08 Å². The molecule has 3 N–H and O–H groups in total. The average Bonchev–Trinajstić information content (AvgIpc) is 3.37. The van der Waals surface area contributed by atoms with Crippen molar-refractivity contribution in [3.8, 4) is 0 Å². The summed E-state index contributed by atoms with van der Waals surface area (Å²) in [5.41, 5.74) is 0. The van der Waals surface area contributed by atoms with Crippen LogP contribution in [-0.2, 0) is 4.79 Å². The van der Waals surface area contributed by atoms with Gasteiger partial charge in [0.25, 0.3) is 0 Å². The van der Waals surface area contributed by atoms with Gasteiger partial charge in [-0.1, -0.05) is 331 Å². The number of carbonyl (C=O) groups is 1. The fraction of sp³-hybridized carbons (Fsp3) is 0.806. The molecule has 0 saturated heterocycles. The van der Waals surface area contributed by atoms with Gasteiger partial charge in [0.15, 0.2) is 0 Å². The van der Waals surface area contributed by atoms with Gasteiger partial charge in [-0.05, 0) is 64.2 Å². The number of unbranched alkanes of at least 4 members (excludes halogenated alkanes) is 41. The fourth-order valence-electron chi connectivity index (χ4n) is 9.68. The van der Waals surface area contributed by atoms with Crippen molar-refractivity contribution >= 4 is 5.91 Å². The van der Waals surface area contributed by atoms with Gasteiger partial charge in [-0.15, -0.1) is 0 Å². The van der Waals surface area contributed by atoms with Gasteiger partial charge in [-0.3, -0.25) is 4.79 Å². The Morgan fingerprint density at radius 3 is 0.930 bits per heavy atom. The van der Waals surface area contributed by atoms with Crippen LogP contribution in [-0.4, -0.2) is 34.9 Å². The summed E-state index contributed by atoms with van der Waals surface area (Å²) < 4.78 is 0. The van der Waals surface area contributed by atoms with Gasteiger partial charge in [-0.2, -0.15) is 0 Å². The molecule has 414 valence electrons. The van der Waals surface area contributed by atoms with Crippen molar-refractivity contribution in [3.63, 3.8) is 0 Å². The highest BCUT2D eigenvalue weighted by molar-refractivity contribution is 5.76. The molecule has 0 aromatic carbocycles. The Balaban J connectivity index is 3.45. The van der Waals surface area contributed by atoms with Crippen LogP contribution in [0, 0.1) is 0 Å². The van der Waals surface area contributed by atoms with Crippen molar-refractivity contribution in [2.45, 2.75) is 341 Å². The Morgan fingerprint density at radius 1 is 0.352 bits per heavy atom. The molecule has 0 fully saturated rings. The highest BCUT2D eigenvalue weighted by atomic mass is 16.3. The molecule has 0 aliphatic heterocycles. The minimum absolute atomic E-state index is 0.0591. The van der Waals surface area contributed by atoms with E-state index in [1.165, 1.54) is 250 Å². The van der Waals surface area contributed by atoms with Crippen molar-refractivity contribution in [1.82, 2.24) is 5.32 Å². The lowest BCUT2D eigenvalue weighted by atomic mass is 10.0. The molecule has 4 nitrogen and oxygen atoms in total. The topological polar surface area (TPSA) is 69.6 Å². The summed E-state index contributed by atoms with van der Waals surface area (Å²) in [7, 11) is 0. The zero-order chi connectivity index (χ0) is 51.3. The van der Waals surface area contributed by atoms with Crippen molar-refractivity contribution in [1.29, 1.82) is 0 Å². The predicted octanol–water partition coefficient (Wildman–Crippen LogP) is 21.3. The number of amides is 1. The second-order valence-corrected chi connectivity index (χ2v) is 21.5. The molecule has 2 unspecified atom stereocenters. The van der Waals surface area contributed by atoms with Crippen LogP contribution in [0.2, 0.25) is 0 Å². The molecule has 0 spiro atoms. The molecule has 0 aliphatic carbocycles. The lowest BCUT2D eigenvalue weighted by Crippen LogP contribution is -2.45. The number of nitrogens with one attached hydrogen (secondary N) is 1. The maximum absolute atomic E-state index is 12.5. The second-order valence-electron chi connectivity index (χ2n) is 21.5. The minimum Gasteiger partial charge on any atom is -0.394 e. The fourth-order valence-corrected chi connectivity index (χ4v) is 9.68. The van der Waals surface area contributed by atoms with Crippen LogP contribution in [0.4, 0.5) is 0 Å². The van der Waals surface area contributed by atoms with E-state index in [0.717, 1.165) is 57.8 Å². The van der Waals surface area contributed by atoms with Crippen LogP contribution in [0.5, 0.6) is 0 Å². The molecular weight excluding hydrogens is 867 g/mol. The van der Waals surface area contributed by atoms with Crippen LogP contribution in [0.3, 0.4) is 0 Å². The molecule has 1 amide bonds. The molecule has 0 radical (unpaired) electrons. The second kappa shape index (κ2) is 62.1. The van der Waals surface area contributed by atoms with Gasteiger partial charge in [0.05, 0.1) is 18.8 Å². The number of carbonyl (C=O) groups excluding carboxylic acids is 1. The normalized spacial score (nSPS) is 13.2. The summed E-state index contributed by atoms with van der Waals surface area (Å²) in [6, 6.07) is -0.624. The lowest BCUT2D eigenvalue weighted by Gasteiger charge is -2.20. The number of hydrogen-bond donors (Lipinski definition) is 3. The first-order valence-electron chi connectivity index (χ1n) is 31.7. The standard InChI is InChI=1S/C67H123NO3/c1-3-5-7-9-11-13-15-17-19-21-23-25-27-28-29-30-31-32-33-34-35-36-37-38-39-40-41-43-45-47-49-51-53-55-57-59-61-63-67(71)68-65(64-69)66(70)62-60-58-56-54-52-50-48-46-44-42-26-24-22-20-18-16-14-12-10-8-6-4-2/h5,7,11,13,17,19,23,25,28-29,60,62,65-66,69-70H,3-4,6,8-10,12,14-16,18,20-22,24,26-27,30-59,61,63-64H2,1-2H3,(H,68,71)/b7-5-,13-11-,19-17-,25-23-,29-28-,62-60+. The first kappa shape index (κ1) is 68.8. The van der Waals surface area contributed by atoms with E-state index in [1.807, 2.05) is 6.08 Å². The third kappa shape index (κ3) is 58.6. The quantitative estimate of drug-likeness (QED) is 0.0420. The Hall–Kier alpha value is -2.17. The van der Waals surface area contributed by atoms with E-state index in [2.05, 4.69) is 79.9 Å². The van der Waals surface area contributed by atoms with E-state index in [4.69, 9.17) is 0 Å². The molecule has 0 bridgehead atoms. The molecule has 0 rings (SSSR count). The molecule has 0 aromatic rings. The van der Waals surface area contributed by atoms with Crippen molar-refractivity contribution < 1.29 is 15.0 Å². The number of aliphatic hydroxyl groups excluding tert-OH is 2. The minimum atomic E-state index is -0.841. The Morgan fingerprint density at radius 2 is 0.620 bits per heavy atom. The molecular formula is C67H123NO3. The largest absolute Gasteiger partial charge is 0.394 e. The summed E-state index contributed by atoms with van der Waals surface area (Å²) in [6.07, 6.45) is 89.5. The number of rotatable bonds is 58. The maximum Gasteiger partial charge on any atom is 0.220 e. The monoisotopic (exact) mass is 990 g/mol. The van der Waals surface area contributed by atoms with Crippen molar-refractivity contribution in [2.75, 3.05) is 6.61 Å². The Bertz CT molecular complexity index is 1210. The average molecular weight is 991 g/mol. The van der Waals surface area contributed by atoms with Crippen molar-refractivity contribution in [3.05, 3.63) is 72.9 Å². The summed E-state index contributed by atoms with van der Waals surface area (Å²) in [4.78, 5) is 12.5. The molecule has 0 saturated carbocycles. The third-order valence-electron chi connectivity index (χ3n) is 14.4. The van der Waals surface area contributed by atoms with Gasteiger partial charge < -0.3 is 15.5 Å².